The first-order valence-corrected chi connectivity index (χ1v) is 6.61. The summed E-state index contributed by atoms with van der Waals surface area (Å²) in [4.78, 5) is 23.9. The van der Waals surface area contributed by atoms with Crippen molar-refractivity contribution in [2.75, 3.05) is 31.1 Å². The lowest BCUT2D eigenvalue weighted by Gasteiger charge is -2.34. The van der Waals surface area contributed by atoms with Crippen LogP contribution in [-0.4, -0.2) is 47.0 Å². The molecule has 0 radical (unpaired) electrons. The predicted octanol–water partition coefficient (Wildman–Crippen LogP) is 1.56. The van der Waals surface area contributed by atoms with Gasteiger partial charge in [-0.3, -0.25) is 4.79 Å². The van der Waals surface area contributed by atoms with E-state index in [1.165, 1.54) is 0 Å². The van der Waals surface area contributed by atoms with Gasteiger partial charge in [-0.25, -0.2) is 9.97 Å². The van der Waals surface area contributed by atoms with Crippen LogP contribution < -0.4 is 4.90 Å². The minimum absolute atomic E-state index is 0.230. The Kier molecular flexibility index (Phi) is 6.11. The summed E-state index contributed by atoms with van der Waals surface area (Å²) in [5.74, 6) is 0.986. The highest BCUT2D eigenvalue weighted by Gasteiger charge is 2.20. The number of anilines is 1. The highest BCUT2D eigenvalue weighted by atomic mass is 16.2. The SMILES string of the molecule is CC.CCC(=O)N1CCN(c2ncccn2)CC1. The topological polar surface area (TPSA) is 49.3 Å². The maximum Gasteiger partial charge on any atom is 0.225 e. The van der Waals surface area contributed by atoms with Gasteiger partial charge in [0, 0.05) is 45.0 Å². The molecule has 1 amide bonds. The molecule has 1 aromatic rings. The number of nitrogens with zero attached hydrogens (tertiary/aromatic N) is 4. The Bertz CT molecular complexity index is 347. The lowest BCUT2D eigenvalue weighted by molar-refractivity contribution is -0.131. The fraction of sp³-hybridized carbons (Fsp3) is 0.615. The van der Waals surface area contributed by atoms with Crippen molar-refractivity contribution in [1.29, 1.82) is 0 Å². The summed E-state index contributed by atoms with van der Waals surface area (Å²) in [5.41, 5.74) is 0. The third-order valence-electron chi connectivity index (χ3n) is 2.77. The average Bonchev–Trinajstić information content (AvgIpc) is 2.49. The van der Waals surface area contributed by atoms with Gasteiger partial charge in [-0.2, -0.15) is 0 Å². The van der Waals surface area contributed by atoms with E-state index in [0.717, 1.165) is 32.1 Å². The van der Waals surface area contributed by atoms with Crippen LogP contribution in [0.3, 0.4) is 0 Å². The lowest BCUT2D eigenvalue weighted by atomic mass is 10.3. The molecule has 18 heavy (non-hydrogen) atoms. The van der Waals surface area contributed by atoms with E-state index in [1.54, 1.807) is 18.5 Å². The van der Waals surface area contributed by atoms with Crippen LogP contribution in [0.1, 0.15) is 27.2 Å². The van der Waals surface area contributed by atoms with Crippen LogP contribution in [0.25, 0.3) is 0 Å². The number of carbonyl (C=O) groups is 1. The first kappa shape index (κ1) is 14.4. The average molecular weight is 250 g/mol. The van der Waals surface area contributed by atoms with Gasteiger partial charge in [0.05, 0.1) is 0 Å². The van der Waals surface area contributed by atoms with Crippen molar-refractivity contribution in [3.05, 3.63) is 18.5 Å². The van der Waals surface area contributed by atoms with Crippen LogP contribution >= 0.6 is 0 Å². The molecule has 100 valence electrons. The number of rotatable bonds is 2. The van der Waals surface area contributed by atoms with E-state index in [-0.39, 0.29) is 5.91 Å². The number of hydrogen-bond acceptors (Lipinski definition) is 4. The zero-order chi connectivity index (χ0) is 13.4. The summed E-state index contributed by atoms with van der Waals surface area (Å²) >= 11 is 0. The van der Waals surface area contributed by atoms with Gasteiger partial charge >= 0.3 is 0 Å². The van der Waals surface area contributed by atoms with Gasteiger partial charge in [-0.1, -0.05) is 20.8 Å². The molecule has 5 nitrogen and oxygen atoms in total. The van der Waals surface area contributed by atoms with Crippen LogP contribution in [0.5, 0.6) is 0 Å². The number of hydrogen-bond donors (Lipinski definition) is 0. The molecule has 0 N–H and O–H groups in total. The Hall–Kier alpha value is -1.65. The summed E-state index contributed by atoms with van der Waals surface area (Å²) in [6.45, 7) is 9.07. The van der Waals surface area contributed by atoms with E-state index >= 15 is 0 Å². The minimum Gasteiger partial charge on any atom is -0.339 e. The van der Waals surface area contributed by atoms with Gasteiger partial charge in [0.2, 0.25) is 11.9 Å². The van der Waals surface area contributed by atoms with Gasteiger partial charge in [0.25, 0.3) is 0 Å². The molecule has 0 saturated carbocycles. The second-order valence-corrected chi connectivity index (χ2v) is 3.77. The molecule has 5 heteroatoms. The Morgan fingerprint density at radius 2 is 1.72 bits per heavy atom. The van der Waals surface area contributed by atoms with Crippen molar-refractivity contribution >= 4 is 11.9 Å². The van der Waals surface area contributed by atoms with Crippen molar-refractivity contribution in [2.24, 2.45) is 0 Å². The highest BCUT2D eigenvalue weighted by molar-refractivity contribution is 5.76. The maximum atomic E-state index is 11.5. The molecule has 1 saturated heterocycles. The molecule has 1 aliphatic rings. The molecule has 1 aliphatic heterocycles. The molecule has 0 spiro atoms. The van der Waals surface area contributed by atoms with Crippen LogP contribution in [0.4, 0.5) is 5.95 Å². The Balaban J connectivity index is 0.000000771. The third-order valence-corrected chi connectivity index (χ3v) is 2.77. The van der Waals surface area contributed by atoms with Crippen molar-refractivity contribution in [2.45, 2.75) is 27.2 Å². The molecule has 0 aliphatic carbocycles. The largest absolute Gasteiger partial charge is 0.339 e. The van der Waals surface area contributed by atoms with Crippen LogP contribution in [0, 0.1) is 0 Å². The van der Waals surface area contributed by atoms with E-state index in [9.17, 15) is 4.79 Å². The van der Waals surface area contributed by atoms with E-state index in [1.807, 2.05) is 25.7 Å². The number of aromatic nitrogens is 2. The molecular formula is C13H22N4O. The van der Waals surface area contributed by atoms with E-state index in [2.05, 4.69) is 14.9 Å². The van der Waals surface area contributed by atoms with Crippen molar-refractivity contribution in [3.63, 3.8) is 0 Å². The quantitative estimate of drug-likeness (QED) is 0.799. The molecule has 0 atom stereocenters. The normalized spacial score (nSPS) is 14.8. The van der Waals surface area contributed by atoms with E-state index in [0.29, 0.717) is 6.42 Å². The summed E-state index contributed by atoms with van der Waals surface area (Å²) in [6, 6.07) is 1.81. The number of carbonyl (C=O) groups excluding carboxylic acids is 1. The van der Waals surface area contributed by atoms with Crippen LogP contribution in [0.2, 0.25) is 0 Å². The molecule has 2 rings (SSSR count). The molecule has 2 heterocycles. The highest BCUT2D eigenvalue weighted by Crippen LogP contribution is 2.10. The summed E-state index contributed by atoms with van der Waals surface area (Å²) in [5, 5.41) is 0. The van der Waals surface area contributed by atoms with Gasteiger partial charge in [-0.15, -0.1) is 0 Å². The van der Waals surface area contributed by atoms with E-state index < -0.39 is 0 Å². The molecule has 0 bridgehead atoms. The molecule has 0 aromatic carbocycles. The summed E-state index contributed by atoms with van der Waals surface area (Å²) < 4.78 is 0. The fourth-order valence-electron chi connectivity index (χ4n) is 1.83. The second-order valence-electron chi connectivity index (χ2n) is 3.77. The number of amides is 1. The zero-order valence-electron chi connectivity index (χ0n) is 11.5. The third kappa shape index (κ3) is 3.68. The van der Waals surface area contributed by atoms with Gasteiger partial charge in [0.1, 0.15) is 0 Å². The van der Waals surface area contributed by atoms with Crippen molar-refractivity contribution < 1.29 is 4.79 Å². The molecule has 0 unspecified atom stereocenters. The number of piperazine rings is 1. The lowest BCUT2D eigenvalue weighted by Crippen LogP contribution is -2.49. The minimum atomic E-state index is 0.230. The zero-order valence-corrected chi connectivity index (χ0v) is 11.5. The monoisotopic (exact) mass is 250 g/mol. The first-order chi connectivity index (χ1) is 8.81. The van der Waals surface area contributed by atoms with Gasteiger partial charge in [0.15, 0.2) is 0 Å². The van der Waals surface area contributed by atoms with Crippen molar-refractivity contribution in [1.82, 2.24) is 14.9 Å². The Labute approximate surface area is 109 Å². The Morgan fingerprint density at radius 3 is 2.22 bits per heavy atom. The Morgan fingerprint density at radius 1 is 1.17 bits per heavy atom. The predicted molar refractivity (Wildman–Crippen MR) is 72.5 cm³/mol. The molecule has 1 aromatic heterocycles. The van der Waals surface area contributed by atoms with Gasteiger partial charge in [-0.05, 0) is 6.07 Å². The summed E-state index contributed by atoms with van der Waals surface area (Å²) in [7, 11) is 0. The van der Waals surface area contributed by atoms with E-state index in [4.69, 9.17) is 0 Å². The summed E-state index contributed by atoms with van der Waals surface area (Å²) in [6.07, 6.45) is 4.07. The van der Waals surface area contributed by atoms with Crippen LogP contribution in [-0.2, 0) is 4.79 Å². The van der Waals surface area contributed by atoms with Gasteiger partial charge < -0.3 is 9.80 Å². The second kappa shape index (κ2) is 7.63. The van der Waals surface area contributed by atoms with Crippen molar-refractivity contribution in [3.8, 4) is 0 Å². The van der Waals surface area contributed by atoms with Crippen LogP contribution in [0.15, 0.2) is 18.5 Å². The smallest absolute Gasteiger partial charge is 0.225 e. The standard InChI is InChI=1S/C11H16N4O.C2H6/c1-2-10(16)14-6-8-15(9-7-14)11-12-4-3-5-13-11;1-2/h3-5H,2,6-9H2,1H3;1-2H3. The maximum absolute atomic E-state index is 11.5. The first-order valence-electron chi connectivity index (χ1n) is 6.61. The molecule has 1 fully saturated rings. The molecular weight excluding hydrogens is 228 g/mol. The fourth-order valence-corrected chi connectivity index (χ4v) is 1.83.